The van der Waals surface area contributed by atoms with Crippen molar-refractivity contribution in [1.82, 2.24) is 15.5 Å². The van der Waals surface area contributed by atoms with Gasteiger partial charge in [0.1, 0.15) is 0 Å². The van der Waals surface area contributed by atoms with Crippen LogP contribution in [0.4, 0.5) is 0 Å². The number of hydrogen-bond donors (Lipinski definition) is 2. The molecule has 5 heteroatoms. The summed E-state index contributed by atoms with van der Waals surface area (Å²) in [6.45, 7) is 12.2. The van der Waals surface area contributed by atoms with Crippen LogP contribution in [-0.2, 0) is 4.74 Å². The van der Waals surface area contributed by atoms with Crippen LogP contribution in [0.1, 0.15) is 46.0 Å². The number of nitrogens with zero attached hydrogens (tertiary/aromatic N) is 2. The van der Waals surface area contributed by atoms with Crippen LogP contribution >= 0.6 is 0 Å². The van der Waals surface area contributed by atoms with E-state index in [0.29, 0.717) is 5.41 Å². The molecule has 1 aliphatic carbocycles. The second-order valence-electron chi connectivity index (χ2n) is 6.64. The first-order chi connectivity index (χ1) is 10.8. The van der Waals surface area contributed by atoms with Gasteiger partial charge in [0.2, 0.25) is 0 Å². The van der Waals surface area contributed by atoms with E-state index in [0.717, 1.165) is 58.4 Å². The predicted molar refractivity (Wildman–Crippen MR) is 92.4 cm³/mol. The molecule has 0 radical (unpaired) electrons. The second kappa shape index (κ2) is 9.36. The average molecular weight is 310 g/mol. The van der Waals surface area contributed by atoms with Crippen LogP contribution < -0.4 is 10.6 Å². The monoisotopic (exact) mass is 310 g/mol. The van der Waals surface area contributed by atoms with Gasteiger partial charge in [0, 0.05) is 39.3 Å². The van der Waals surface area contributed by atoms with Crippen LogP contribution in [-0.4, -0.2) is 63.3 Å². The molecule has 0 aromatic carbocycles. The fourth-order valence-corrected chi connectivity index (χ4v) is 3.49. The lowest BCUT2D eigenvalue weighted by Crippen LogP contribution is -2.44. The molecule has 1 saturated heterocycles. The first-order valence-electron chi connectivity index (χ1n) is 9.10. The largest absolute Gasteiger partial charge is 0.379 e. The number of hydrogen-bond acceptors (Lipinski definition) is 3. The molecule has 2 fully saturated rings. The van der Waals surface area contributed by atoms with Crippen molar-refractivity contribution in [3.63, 3.8) is 0 Å². The van der Waals surface area contributed by atoms with Gasteiger partial charge in [-0.25, -0.2) is 0 Å². The Hall–Kier alpha value is -0.810. The molecule has 2 rings (SSSR count). The van der Waals surface area contributed by atoms with E-state index in [4.69, 9.17) is 9.73 Å². The van der Waals surface area contributed by atoms with Crippen molar-refractivity contribution < 1.29 is 4.74 Å². The third-order valence-electron chi connectivity index (χ3n) is 5.16. The quantitative estimate of drug-likeness (QED) is 0.556. The predicted octanol–water partition coefficient (Wildman–Crippen LogP) is 1.84. The summed E-state index contributed by atoms with van der Waals surface area (Å²) < 4.78 is 5.39. The summed E-state index contributed by atoms with van der Waals surface area (Å²) in [6, 6.07) is 0. The molecule has 0 unspecified atom stereocenters. The van der Waals surface area contributed by atoms with Crippen molar-refractivity contribution in [2.45, 2.75) is 46.0 Å². The molecule has 2 aliphatic rings. The Morgan fingerprint density at radius 3 is 2.50 bits per heavy atom. The van der Waals surface area contributed by atoms with Crippen molar-refractivity contribution in [3.8, 4) is 0 Å². The molecule has 2 N–H and O–H groups in total. The lowest BCUT2D eigenvalue weighted by atomic mass is 9.84. The highest BCUT2D eigenvalue weighted by molar-refractivity contribution is 5.79. The Morgan fingerprint density at radius 1 is 1.14 bits per heavy atom. The Bertz CT molecular complexity index is 334. The van der Waals surface area contributed by atoms with Crippen molar-refractivity contribution in [3.05, 3.63) is 0 Å². The highest BCUT2D eigenvalue weighted by Crippen LogP contribution is 2.41. The lowest BCUT2D eigenvalue weighted by Gasteiger charge is -2.27. The highest BCUT2D eigenvalue weighted by atomic mass is 16.5. The molecular formula is C17H34N4O. The minimum atomic E-state index is 0.465. The van der Waals surface area contributed by atoms with Gasteiger partial charge in [0.15, 0.2) is 5.96 Å². The molecule has 0 amide bonds. The zero-order chi connectivity index (χ0) is 15.7. The number of ether oxygens (including phenoxy) is 1. The molecule has 0 atom stereocenters. The van der Waals surface area contributed by atoms with Gasteiger partial charge >= 0.3 is 0 Å². The third-order valence-corrected chi connectivity index (χ3v) is 5.16. The molecule has 128 valence electrons. The summed E-state index contributed by atoms with van der Waals surface area (Å²) >= 11 is 0. The fourth-order valence-electron chi connectivity index (χ4n) is 3.49. The Labute approximate surface area is 135 Å². The van der Waals surface area contributed by atoms with Gasteiger partial charge in [-0.3, -0.25) is 9.89 Å². The number of rotatable bonds is 7. The number of guanidine groups is 1. The average Bonchev–Trinajstić information content (AvgIpc) is 3.03. The second-order valence-corrected chi connectivity index (χ2v) is 6.64. The summed E-state index contributed by atoms with van der Waals surface area (Å²) in [5.41, 5.74) is 0.465. The van der Waals surface area contributed by atoms with E-state index in [-0.39, 0.29) is 0 Å². The summed E-state index contributed by atoms with van der Waals surface area (Å²) in [5, 5.41) is 6.87. The Balaban J connectivity index is 1.76. The van der Waals surface area contributed by atoms with Gasteiger partial charge in [-0.05, 0) is 31.6 Å². The van der Waals surface area contributed by atoms with E-state index < -0.39 is 0 Å². The SMILES string of the molecule is CCNC(=NCC1(CC)CCCC1)NCCN1CCOCC1. The van der Waals surface area contributed by atoms with Crippen LogP contribution in [0, 0.1) is 5.41 Å². The molecule has 0 aromatic rings. The molecule has 5 nitrogen and oxygen atoms in total. The topological polar surface area (TPSA) is 48.9 Å². The van der Waals surface area contributed by atoms with E-state index in [9.17, 15) is 0 Å². The van der Waals surface area contributed by atoms with Gasteiger partial charge in [-0.1, -0.05) is 19.8 Å². The van der Waals surface area contributed by atoms with Gasteiger partial charge in [0.25, 0.3) is 0 Å². The summed E-state index contributed by atoms with van der Waals surface area (Å²) in [6.07, 6.45) is 6.71. The van der Waals surface area contributed by atoms with E-state index in [1.54, 1.807) is 0 Å². The van der Waals surface area contributed by atoms with Crippen LogP contribution in [0.15, 0.2) is 4.99 Å². The van der Waals surface area contributed by atoms with Crippen molar-refractivity contribution in [1.29, 1.82) is 0 Å². The molecular weight excluding hydrogens is 276 g/mol. The summed E-state index contributed by atoms with van der Waals surface area (Å²) in [5.74, 6) is 0.982. The van der Waals surface area contributed by atoms with Crippen LogP contribution in [0.3, 0.4) is 0 Å². The molecule has 0 bridgehead atoms. The number of nitrogens with one attached hydrogen (secondary N) is 2. The minimum absolute atomic E-state index is 0.465. The Kier molecular flexibility index (Phi) is 7.46. The van der Waals surface area contributed by atoms with Gasteiger partial charge in [-0.15, -0.1) is 0 Å². The zero-order valence-corrected chi connectivity index (χ0v) is 14.5. The van der Waals surface area contributed by atoms with Gasteiger partial charge in [0.05, 0.1) is 13.2 Å². The van der Waals surface area contributed by atoms with E-state index in [1.807, 2.05) is 0 Å². The third kappa shape index (κ3) is 5.43. The molecule has 1 heterocycles. The Morgan fingerprint density at radius 2 is 1.86 bits per heavy atom. The van der Waals surface area contributed by atoms with Crippen LogP contribution in [0.25, 0.3) is 0 Å². The van der Waals surface area contributed by atoms with E-state index >= 15 is 0 Å². The fraction of sp³-hybridized carbons (Fsp3) is 0.941. The molecule has 1 aliphatic heterocycles. The maximum Gasteiger partial charge on any atom is 0.191 e. The summed E-state index contributed by atoms with van der Waals surface area (Å²) in [7, 11) is 0. The molecule has 0 spiro atoms. The van der Waals surface area contributed by atoms with Crippen LogP contribution in [0.5, 0.6) is 0 Å². The summed E-state index contributed by atoms with van der Waals surface area (Å²) in [4.78, 5) is 7.32. The maximum atomic E-state index is 5.39. The van der Waals surface area contributed by atoms with Gasteiger partial charge in [-0.2, -0.15) is 0 Å². The van der Waals surface area contributed by atoms with Crippen molar-refractivity contribution in [2.24, 2.45) is 10.4 Å². The standard InChI is InChI=1S/C17H34N4O/c1-3-17(7-5-6-8-17)15-20-16(18-4-2)19-9-10-21-11-13-22-14-12-21/h3-15H2,1-2H3,(H2,18,19,20). The first kappa shape index (κ1) is 17.5. The highest BCUT2D eigenvalue weighted by Gasteiger charge is 2.31. The normalized spacial score (nSPS) is 22.7. The van der Waals surface area contributed by atoms with E-state index in [2.05, 4.69) is 29.4 Å². The molecule has 22 heavy (non-hydrogen) atoms. The van der Waals surface area contributed by atoms with Crippen LogP contribution in [0.2, 0.25) is 0 Å². The zero-order valence-electron chi connectivity index (χ0n) is 14.5. The maximum absolute atomic E-state index is 5.39. The van der Waals surface area contributed by atoms with Crippen molar-refractivity contribution >= 4 is 5.96 Å². The molecule has 0 aromatic heterocycles. The van der Waals surface area contributed by atoms with Crippen molar-refractivity contribution in [2.75, 3.05) is 52.5 Å². The van der Waals surface area contributed by atoms with E-state index in [1.165, 1.54) is 32.1 Å². The van der Waals surface area contributed by atoms with Gasteiger partial charge < -0.3 is 15.4 Å². The number of aliphatic imine (C=N–C) groups is 1. The first-order valence-corrected chi connectivity index (χ1v) is 9.10. The molecule has 1 saturated carbocycles. The lowest BCUT2D eigenvalue weighted by molar-refractivity contribution is 0.0389. The number of morpholine rings is 1. The minimum Gasteiger partial charge on any atom is -0.379 e. The smallest absolute Gasteiger partial charge is 0.191 e.